The zero-order valence-corrected chi connectivity index (χ0v) is 17.4. The quantitative estimate of drug-likeness (QED) is 0.465. The number of aromatic nitrogens is 3. The molecule has 0 aliphatic carbocycles. The molecule has 1 N–H and O–H groups in total. The van der Waals surface area contributed by atoms with Crippen LogP contribution in [0.2, 0.25) is 5.15 Å². The Morgan fingerprint density at radius 1 is 1.00 bits per heavy atom. The first-order chi connectivity index (χ1) is 14.6. The lowest BCUT2D eigenvalue weighted by molar-refractivity contribution is 0.949. The highest BCUT2D eigenvalue weighted by molar-refractivity contribution is 6.29. The normalized spacial score (nSPS) is 13.9. The Balaban J connectivity index is 1.79. The molecule has 1 aromatic carbocycles. The molecule has 0 bridgehead atoms. The molecule has 5 nitrogen and oxygen atoms in total. The predicted molar refractivity (Wildman–Crippen MR) is 122 cm³/mol. The van der Waals surface area contributed by atoms with Gasteiger partial charge in [0.05, 0.1) is 11.1 Å². The third kappa shape index (κ3) is 3.35. The lowest BCUT2D eigenvalue weighted by Crippen LogP contribution is -2.25. The molecule has 1 aliphatic rings. The molecular formula is C24H21ClN4O. The number of nitrogens with zero attached hydrogens (tertiary/aromatic N) is 3. The van der Waals surface area contributed by atoms with E-state index in [0.717, 1.165) is 54.0 Å². The van der Waals surface area contributed by atoms with Crippen molar-refractivity contribution in [1.82, 2.24) is 15.0 Å². The van der Waals surface area contributed by atoms with Gasteiger partial charge in [0.25, 0.3) is 0 Å². The number of fused-ring (bicyclic) bond motifs is 1. The van der Waals surface area contributed by atoms with Crippen molar-refractivity contribution in [2.45, 2.75) is 19.8 Å². The molecule has 0 atom stereocenters. The summed E-state index contributed by atoms with van der Waals surface area (Å²) in [6.45, 7) is 3.73. The van der Waals surface area contributed by atoms with Crippen LogP contribution in [0, 0.1) is 6.92 Å². The monoisotopic (exact) mass is 416 g/mol. The summed E-state index contributed by atoms with van der Waals surface area (Å²) in [6, 6.07) is 15.7. The van der Waals surface area contributed by atoms with Gasteiger partial charge in [-0.15, -0.1) is 0 Å². The third-order valence-corrected chi connectivity index (χ3v) is 5.77. The molecule has 30 heavy (non-hydrogen) atoms. The fourth-order valence-corrected chi connectivity index (χ4v) is 4.40. The minimum atomic E-state index is 0.0101. The molecule has 6 heteroatoms. The van der Waals surface area contributed by atoms with Gasteiger partial charge in [-0.1, -0.05) is 41.9 Å². The van der Waals surface area contributed by atoms with Crippen molar-refractivity contribution in [3.05, 3.63) is 75.8 Å². The van der Waals surface area contributed by atoms with E-state index in [2.05, 4.69) is 14.9 Å². The number of hydrogen-bond acceptors (Lipinski definition) is 4. The number of anilines is 1. The zero-order chi connectivity index (χ0) is 20.7. The SMILES string of the molecule is Cc1cc(-c2cc3c(=O)c(N4CCCC4)c[nH]c3nc2-c2ccccc2)cc(Cl)n1. The molecular weight excluding hydrogens is 396 g/mol. The van der Waals surface area contributed by atoms with E-state index >= 15 is 0 Å². The Morgan fingerprint density at radius 2 is 1.77 bits per heavy atom. The van der Waals surface area contributed by atoms with Gasteiger partial charge in [0.2, 0.25) is 5.43 Å². The minimum absolute atomic E-state index is 0.0101. The van der Waals surface area contributed by atoms with Crippen LogP contribution >= 0.6 is 11.6 Å². The molecule has 3 aromatic heterocycles. The van der Waals surface area contributed by atoms with Crippen LogP contribution in [0.1, 0.15) is 18.5 Å². The highest BCUT2D eigenvalue weighted by Crippen LogP contribution is 2.34. The number of nitrogens with one attached hydrogen (secondary N) is 1. The van der Waals surface area contributed by atoms with E-state index in [4.69, 9.17) is 16.6 Å². The summed E-state index contributed by atoms with van der Waals surface area (Å²) in [6.07, 6.45) is 4.02. The van der Waals surface area contributed by atoms with Crippen LogP contribution in [0.3, 0.4) is 0 Å². The van der Waals surface area contributed by atoms with Crippen molar-refractivity contribution in [2.75, 3.05) is 18.0 Å². The van der Waals surface area contributed by atoms with E-state index in [1.807, 2.05) is 55.5 Å². The van der Waals surface area contributed by atoms with Crippen LogP contribution in [0.5, 0.6) is 0 Å². The van der Waals surface area contributed by atoms with Gasteiger partial charge in [-0.2, -0.15) is 0 Å². The largest absolute Gasteiger partial charge is 0.367 e. The first-order valence-corrected chi connectivity index (χ1v) is 10.5. The van der Waals surface area contributed by atoms with Crippen molar-refractivity contribution >= 4 is 28.3 Å². The van der Waals surface area contributed by atoms with Gasteiger partial charge >= 0.3 is 0 Å². The molecule has 1 fully saturated rings. The van der Waals surface area contributed by atoms with Crippen molar-refractivity contribution in [3.63, 3.8) is 0 Å². The van der Waals surface area contributed by atoms with Crippen molar-refractivity contribution < 1.29 is 0 Å². The second kappa shape index (κ2) is 7.58. The first kappa shape index (κ1) is 18.8. The smallest absolute Gasteiger partial charge is 0.214 e. The maximum absolute atomic E-state index is 13.3. The fraction of sp³-hybridized carbons (Fsp3) is 0.208. The number of aromatic amines is 1. The lowest BCUT2D eigenvalue weighted by atomic mass is 9.98. The number of aryl methyl sites for hydroxylation is 1. The summed E-state index contributed by atoms with van der Waals surface area (Å²) >= 11 is 6.25. The number of benzene rings is 1. The third-order valence-electron chi connectivity index (χ3n) is 5.57. The molecule has 0 radical (unpaired) electrons. The van der Waals surface area contributed by atoms with Crippen molar-refractivity contribution in [3.8, 4) is 22.4 Å². The Kier molecular flexibility index (Phi) is 4.75. The highest BCUT2D eigenvalue weighted by Gasteiger charge is 2.19. The zero-order valence-electron chi connectivity index (χ0n) is 16.7. The first-order valence-electron chi connectivity index (χ1n) is 10.1. The van der Waals surface area contributed by atoms with Gasteiger partial charge in [-0.3, -0.25) is 4.79 Å². The molecule has 0 saturated carbocycles. The molecule has 1 aliphatic heterocycles. The molecule has 150 valence electrons. The Hall–Kier alpha value is -3.18. The summed E-state index contributed by atoms with van der Waals surface area (Å²) in [4.78, 5) is 27.9. The van der Waals surface area contributed by atoms with Gasteiger partial charge in [-0.05, 0) is 43.5 Å². The molecule has 4 aromatic rings. The number of rotatable bonds is 3. The van der Waals surface area contributed by atoms with Gasteiger partial charge in [0.1, 0.15) is 16.5 Å². The number of H-pyrrole nitrogens is 1. The fourth-order valence-electron chi connectivity index (χ4n) is 4.15. The maximum Gasteiger partial charge on any atom is 0.214 e. The highest BCUT2D eigenvalue weighted by atomic mass is 35.5. The van der Waals surface area contributed by atoms with Gasteiger partial charge in [-0.25, -0.2) is 9.97 Å². The van der Waals surface area contributed by atoms with Crippen LogP contribution in [-0.2, 0) is 0 Å². The van der Waals surface area contributed by atoms with E-state index < -0.39 is 0 Å². The van der Waals surface area contributed by atoms with Crippen LogP contribution in [0.4, 0.5) is 5.69 Å². The van der Waals surface area contributed by atoms with E-state index in [1.165, 1.54) is 0 Å². The Labute approximate surface area is 179 Å². The standard InChI is InChI=1S/C24H21ClN4O/c1-15-11-17(12-21(25)27-15)18-13-19-23(30)20(29-9-5-6-10-29)14-26-24(19)28-22(18)16-7-3-2-4-8-16/h2-4,7-8,11-14H,5-6,9-10H2,1H3,(H,26,28,30). The van der Waals surface area contributed by atoms with Gasteiger partial charge in [0.15, 0.2) is 0 Å². The lowest BCUT2D eigenvalue weighted by Gasteiger charge is -2.18. The van der Waals surface area contributed by atoms with Crippen LogP contribution in [0.25, 0.3) is 33.4 Å². The van der Waals surface area contributed by atoms with Crippen molar-refractivity contribution in [1.29, 1.82) is 0 Å². The summed E-state index contributed by atoms with van der Waals surface area (Å²) in [5.41, 5.74) is 5.66. The minimum Gasteiger partial charge on any atom is -0.367 e. The topological polar surface area (TPSA) is 61.9 Å². The van der Waals surface area contributed by atoms with E-state index in [-0.39, 0.29) is 5.43 Å². The van der Waals surface area contributed by atoms with Crippen molar-refractivity contribution in [2.24, 2.45) is 0 Å². The molecule has 1 saturated heterocycles. The predicted octanol–water partition coefficient (Wildman–Crippen LogP) is 5.21. The number of hydrogen-bond donors (Lipinski definition) is 1. The van der Waals surface area contributed by atoms with Crippen LogP contribution in [0.15, 0.2) is 59.5 Å². The Morgan fingerprint density at radius 3 is 2.50 bits per heavy atom. The van der Waals surface area contributed by atoms with Crippen LogP contribution < -0.4 is 10.3 Å². The average molecular weight is 417 g/mol. The molecule has 0 spiro atoms. The van der Waals surface area contributed by atoms with E-state index in [1.54, 1.807) is 6.20 Å². The second-order valence-corrected chi connectivity index (χ2v) is 8.05. The molecule has 4 heterocycles. The average Bonchev–Trinajstić information content (AvgIpc) is 3.28. The molecule has 0 amide bonds. The number of halogens is 1. The maximum atomic E-state index is 13.3. The second-order valence-electron chi connectivity index (χ2n) is 7.66. The summed E-state index contributed by atoms with van der Waals surface area (Å²) in [7, 11) is 0. The summed E-state index contributed by atoms with van der Waals surface area (Å²) in [5, 5.41) is 1.00. The summed E-state index contributed by atoms with van der Waals surface area (Å²) in [5.74, 6) is 0. The Bertz CT molecular complexity index is 1270. The molecule has 5 rings (SSSR count). The number of pyridine rings is 3. The van der Waals surface area contributed by atoms with Gasteiger partial charge < -0.3 is 9.88 Å². The van der Waals surface area contributed by atoms with Gasteiger partial charge in [0, 0.05) is 36.1 Å². The van der Waals surface area contributed by atoms with Crippen LogP contribution in [-0.4, -0.2) is 28.0 Å². The molecule has 0 unspecified atom stereocenters. The summed E-state index contributed by atoms with van der Waals surface area (Å²) < 4.78 is 0. The van der Waals surface area contributed by atoms with E-state index in [9.17, 15) is 4.79 Å². The van der Waals surface area contributed by atoms with E-state index in [0.29, 0.717) is 21.9 Å².